The molecule has 0 aliphatic rings. The van der Waals surface area contributed by atoms with Crippen molar-refractivity contribution in [2.75, 3.05) is 6.61 Å². The number of esters is 1. The van der Waals surface area contributed by atoms with Gasteiger partial charge >= 0.3 is 5.97 Å². The molecule has 0 amide bonds. The maximum Gasteiger partial charge on any atom is 0.354 e. The molecule has 0 spiro atoms. The fraction of sp³-hybridized carbons (Fsp3) is 0.444. The van der Waals surface area contributed by atoms with Gasteiger partial charge < -0.3 is 9.72 Å². The van der Waals surface area contributed by atoms with Gasteiger partial charge in [-0.05, 0) is 25.5 Å². The first kappa shape index (κ1) is 8.84. The first-order valence-corrected chi connectivity index (χ1v) is 4.13. The van der Waals surface area contributed by atoms with E-state index in [1.807, 2.05) is 13.0 Å². The molecule has 0 saturated carbocycles. The van der Waals surface area contributed by atoms with Gasteiger partial charge in [0.2, 0.25) is 0 Å². The molecule has 0 fully saturated rings. The number of aryl methyl sites for hydroxylation is 1. The largest absolute Gasteiger partial charge is 0.461 e. The number of rotatable bonds is 3. The molecular weight excluding hydrogens is 154 g/mol. The molecule has 1 heterocycles. The van der Waals surface area contributed by atoms with Crippen LogP contribution in [0.4, 0.5) is 0 Å². The van der Waals surface area contributed by atoms with Gasteiger partial charge in [-0.2, -0.15) is 0 Å². The molecule has 0 aromatic carbocycles. The molecule has 1 aromatic rings. The number of carbonyl (C=O) groups is 1. The second-order valence-electron chi connectivity index (χ2n) is 2.47. The van der Waals surface area contributed by atoms with Crippen LogP contribution in [0.1, 0.15) is 30.0 Å². The van der Waals surface area contributed by atoms with Crippen molar-refractivity contribution in [1.82, 2.24) is 4.98 Å². The summed E-state index contributed by atoms with van der Waals surface area (Å²) in [7, 11) is 0. The predicted octanol–water partition coefficient (Wildman–Crippen LogP) is 1.75. The molecule has 66 valence electrons. The highest BCUT2D eigenvalue weighted by atomic mass is 16.5. The Hall–Kier alpha value is -1.25. The molecule has 3 heteroatoms. The van der Waals surface area contributed by atoms with E-state index in [1.54, 1.807) is 13.0 Å². The van der Waals surface area contributed by atoms with E-state index in [2.05, 4.69) is 4.98 Å². The first-order chi connectivity index (χ1) is 5.77. The van der Waals surface area contributed by atoms with E-state index in [0.29, 0.717) is 12.3 Å². The van der Waals surface area contributed by atoms with Crippen LogP contribution < -0.4 is 0 Å². The summed E-state index contributed by atoms with van der Waals surface area (Å²) < 4.78 is 4.82. The molecule has 12 heavy (non-hydrogen) atoms. The summed E-state index contributed by atoms with van der Waals surface area (Å²) in [6.45, 7) is 4.24. The molecular formula is C9H13NO2. The van der Waals surface area contributed by atoms with Crippen LogP contribution in [0.15, 0.2) is 12.1 Å². The number of aromatic nitrogens is 1. The Morgan fingerprint density at radius 2 is 2.25 bits per heavy atom. The van der Waals surface area contributed by atoms with Crippen LogP contribution in [0.25, 0.3) is 0 Å². The predicted molar refractivity (Wildman–Crippen MR) is 46.1 cm³/mol. The molecule has 0 aliphatic carbocycles. The Labute approximate surface area is 71.7 Å². The van der Waals surface area contributed by atoms with Crippen molar-refractivity contribution < 1.29 is 9.53 Å². The van der Waals surface area contributed by atoms with E-state index in [1.165, 1.54) is 0 Å². The third kappa shape index (κ3) is 1.87. The zero-order chi connectivity index (χ0) is 8.97. The number of hydrogen-bond donors (Lipinski definition) is 1. The van der Waals surface area contributed by atoms with Gasteiger partial charge in [-0.25, -0.2) is 4.79 Å². The fourth-order valence-corrected chi connectivity index (χ4v) is 0.974. The van der Waals surface area contributed by atoms with Crippen molar-refractivity contribution in [3.8, 4) is 0 Å². The molecule has 0 radical (unpaired) electrons. The van der Waals surface area contributed by atoms with Gasteiger partial charge in [0.05, 0.1) is 6.61 Å². The van der Waals surface area contributed by atoms with Gasteiger partial charge in [-0.15, -0.1) is 0 Å². The van der Waals surface area contributed by atoms with Crippen molar-refractivity contribution in [3.63, 3.8) is 0 Å². The fourth-order valence-electron chi connectivity index (χ4n) is 0.974. The van der Waals surface area contributed by atoms with E-state index in [-0.39, 0.29) is 5.97 Å². The zero-order valence-corrected chi connectivity index (χ0v) is 7.39. The summed E-state index contributed by atoms with van der Waals surface area (Å²) in [6, 6.07) is 3.64. The van der Waals surface area contributed by atoms with Crippen molar-refractivity contribution in [2.45, 2.75) is 20.3 Å². The van der Waals surface area contributed by atoms with E-state index in [9.17, 15) is 4.79 Å². The highest BCUT2D eigenvalue weighted by Crippen LogP contribution is 2.03. The highest BCUT2D eigenvalue weighted by Gasteiger charge is 2.07. The second-order valence-corrected chi connectivity index (χ2v) is 2.47. The van der Waals surface area contributed by atoms with E-state index < -0.39 is 0 Å². The third-order valence-electron chi connectivity index (χ3n) is 1.62. The number of carbonyl (C=O) groups excluding carboxylic acids is 1. The van der Waals surface area contributed by atoms with Gasteiger partial charge in [-0.3, -0.25) is 0 Å². The second kappa shape index (κ2) is 3.95. The number of H-pyrrole nitrogens is 1. The number of hydrogen-bond acceptors (Lipinski definition) is 2. The molecule has 1 rings (SSSR count). The lowest BCUT2D eigenvalue weighted by Gasteiger charge is -1.97. The third-order valence-corrected chi connectivity index (χ3v) is 1.62. The summed E-state index contributed by atoms with van der Waals surface area (Å²) >= 11 is 0. The minimum absolute atomic E-state index is 0.280. The van der Waals surface area contributed by atoms with Crippen molar-refractivity contribution >= 4 is 5.97 Å². The maximum absolute atomic E-state index is 11.1. The SMILES string of the molecule is CCOC(=O)c1ccc(CC)[nH]1. The van der Waals surface area contributed by atoms with E-state index in [0.717, 1.165) is 12.1 Å². The zero-order valence-electron chi connectivity index (χ0n) is 7.39. The molecule has 1 N–H and O–H groups in total. The van der Waals surface area contributed by atoms with E-state index >= 15 is 0 Å². The molecule has 0 bridgehead atoms. The molecule has 1 aromatic heterocycles. The van der Waals surface area contributed by atoms with E-state index in [4.69, 9.17) is 4.74 Å². The Bertz CT molecular complexity index is 265. The number of aromatic amines is 1. The Kier molecular flexibility index (Phi) is 2.91. The van der Waals surface area contributed by atoms with Crippen LogP contribution in [0, 0.1) is 0 Å². The summed E-state index contributed by atoms with van der Waals surface area (Å²) in [5, 5.41) is 0. The summed E-state index contributed by atoms with van der Waals surface area (Å²) in [4.78, 5) is 14.1. The Morgan fingerprint density at radius 3 is 2.75 bits per heavy atom. The normalized spacial score (nSPS) is 9.83. The van der Waals surface area contributed by atoms with Gasteiger partial charge in [0.15, 0.2) is 0 Å². The van der Waals surface area contributed by atoms with Crippen LogP contribution in [0.3, 0.4) is 0 Å². The van der Waals surface area contributed by atoms with Gasteiger partial charge in [0, 0.05) is 5.69 Å². The van der Waals surface area contributed by atoms with Gasteiger partial charge in [0.25, 0.3) is 0 Å². The van der Waals surface area contributed by atoms with Crippen molar-refractivity contribution in [2.24, 2.45) is 0 Å². The molecule has 0 unspecified atom stereocenters. The smallest absolute Gasteiger partial charge is 0.354 e. The highest BCUT2D eigenvalue weighted by molar-refractivity contribution is 5.87. The van der Waals surface area contributed by atoms with Crippen LogP contribution in [-0.4, -0.2) is 17.6 Å². The first-order valence-electron chi connectivity index (χ1n) is 4.13. The Balaban J connectivity index is 2.68. The Morgan fingerprint density at radius 1 is 1.50 bits per heavy atom. The van der Waals surface area contributed by atoms with Crippen LogP contribution in [-0.2, 0) is 11.2 Å². The van der Waals surface area contributed by atoms with Crippen molar-refractivity contribution in [1.29, 1.82) is 0 Å². The molecule has 3 nitrogen and oxygen atoms in total. The number of ether oxygens (including phenoxy) is 1. The van der Waals surface area contributed by atoms with Gasteiger partial charge in [0.1, 0.15) is 5.69 Å². The lowest BCUT2D eigenvalue weighted by atomic mass is 10.3. The average Bonchev–Trinajstić information content (AvgIpc) is 2.52. The molecule has 0 saturated heterocycles. The number of nitrogens with one attached hydrogen (secondary N) is 1. The monoisotopic (exact) mass is 167 g/mol. The standard InChI is InChI=1S/C9H13NO2/c1-3-7-5-6-8(10-7)9(11)12-4-2/h5-6,10H,3-4H2,1-2H3. The molecule has 0 atom stereocenters. The lowest BCUT2D eigenvalue weighted by Crippen LogP contribution is -2.04. The molecule has 0 aliphatic heterocycles. The van der Waals surface area contributed by atoms with Crippen molar-refractivity contribution in [3.05, 3.63) is 23.5 Å². The maximum atomic E-state index is 11.1. The summed E-state index contributed by atoms with van der Waals surface area (Å²) in [6.07, 6.45) is 0.902. The summed E-state index contributed by atoms with van der Waals surface area (Å²) in [5.41, 5.74) is 1.59. The van der Waals surface area contributed by atoms with Gasteiger partial charge in [-0.1, -0.05) is 6.92 Å². The topological polar surface area (TPSA) is 42.1 Å². The van der Waals surface area contributed by atoms with Crippen LogP contribution in [0.2, 0.25) is 0 Å². The van der Waals surface area contributed by atoms with Crippen LogP contribution in [0.5, 0.6) is 0 Å². The summed E-state index contributed by atoms with van der Waals surface area (Å²) in [5.74, 6) is -0.280. The average molecular weight is 167 g/mol. The minimum Gasteiger partial charge on any atom is -0.461 e. The minimum atomic E-state index is -0.280. The van der Waals surface area contributed by atoms with Crippen LogP contribution >= 0.6 is 0 Å². The quantitative estimate of drug-likeness (QED) is 0.697. The lowest BCUT2D eigenvalue weighted by molar-refractivity contribution is 0.0520.